The minimum atomic E-state index is -0.839. The Morgan fingerprint density at radius 2 is 0.966 bits per heavy atom. The van der Waals surface area contributed by atoms with Crippen LogP contribution in [0.4, 0.5) is 0 Å². The number of phenols is 2. The van der Waals surface area contributed by atoms with Crippen LogP contribution in [0.2, 0.25) is 0 Å². The second-order valence-electron chi connectivity index (χ2n) is 20.5. The van der Waals surface area contributed by atoms with Gasteiger partial charge in [-0.3, -0.25) is 0 Å². The van der Waals surface area contributed by atoms with Gasteiger partial charge >= 0.3 is 0 Å². The standard InChI is InChI=1S/C48H62O10/c49-35-7-5-31-25-33-29(23-27-1-2-27)9-13-45-39(31)41(35)57-43(45)37(11-15-47(33,45)51)55-21-19-53-17-18-54-20-22-56-38-12-16-48(52)34-26-32-6-8-36(50)42-40(32)46(48,44(38)58-42)14-10-30(34)24-28-3-4-28/h5-8,27-30,33-34,37-38,43-44,49-52H,1-4,9-26H2/t29?,30?,33-,34-,37-,38-,43-,44-,45-,46-,47+,48+/m0/s1. The molecule has 8 aliphatic carbocycles. The molecule has 2 aromatic rings. The fourth-order valence-corrected chi connectivity index (χ4v) is 15.2. The van der Waals surface area contributed by atoms with Crippen molar-refractivity contribution in [3.8, 4) is 23.0 Å². The summed E-state index contributed by atoms with van der Waals surface area (Å²) in [6.45, 7) is 2.58. The molecule has 58 heavy (non-hydrogen) atoms. The average Bonchev–Trinajstić information content (AvgIpc) is 4.14. The molecular weight excluding hydrogens is 737 g/mol. The lowest BCUT2D eigenvalue weighted by atomic mass is 9.43. The first-order valence-corrected chi connectivity index (χ1v) is 23.1. The Bertz CT molecular complexity index is 1810. The molecule has 6 fully saturated rings. The molecule has 4 N–H and O–H groups in total. The van der Waals surface area contributed by atoms with Crippen molar-refractivity contribution in [3.63, 3.8) is 0 Å². The van der Waals surface area contributed by atoms with Gasteiger partial charge in [0.05, 0.1) is 73.9 Å². The molecule has 2 aromatic carbocycles. The molecule has 12 rings (SSSR count). The molecule has 10 heteroatoms. The normalized spacial score (nSPS) is 42.0. The molecule has 2 aliphatic heterocycles. The van der Waals surface area contributed by atoms with E-state index in [0.717, 1.165) is 74.3 Å². The highest BCUT2D eigenvalue weighted by Crippen LogP contribution is 2.71. The monoisotopic (exact) mass is 798 g/mol. The van der Waals surface area contributed by atoms with Crippen LogP contribution in [0.1, 0.15) is 112 Å². The summed E-state index contributed by atoms with van der Waals surface area (Å²) in [5.41, 5.74) is 1.84. The highest BCUT2D eigenvalue weighted by molar-refractivity contribution is 5.63. The predicted octanol–water partition coefficient (Wildman–Crippen LogP) is 6.41. The summed E-state index contributed by atoms with van der Waals surface area (Å²) in [4.78, 5) is 0. The molecule has 2 unspecified atom stereocenters. The maximum Gasteiger partial charge on any atom is 0.165 e. The van der Waals surface area contributed by atoms with E-state index >= 15 is 0 Å². The Kier molecular flexibility index (Phi) is 8.62. The van der Waals surface area contributed by atoms with Gasteiger partial charge in [-0.2, -0.15) is 0 Å². The van der Waals surface area contributed by atoms with E-state index in [1.807, 2.05) is 0 Å². The molecule has 12 atom stereocenters. The van der Waals surface area contributed by atoms with Crippen molar-refractivity contribution < 1.29 is 48.8 Å². The third-order valence-electron chi connectivity index (χ3n) is 17.9. The van der Waals surface area contributed by atoms with Crippen LogP contribution in [-0.2, 0) is 42.6 Å². The van der Waals surface area contributed by atoms with Gasteiger partial charge in [0.1, 0.15) is 12.2 Å². The Balaban J connectivity index is 0.628. The van der Waals surface area contributed by atoms with Crippen LogP contribution in [0.15, 0.2) is 24.3 Å². The maximum absolute atomic E-state index is 12.7. The van der Waals surface area contributed by atoms with Gasteiger partial charge in [-0.05, 0) is 136 Å². The van der Waals surface area contributed by atoms with Crippen LogP contribution < -0.4 is 9.47 Å². The predicted molar refractivity (Wildman–Crippen MR) is 212 cm³/mol. The molecular formula is C48H62O10. The van der Waals surface area contributed by atoms with Crippen molar-refractivity contribution in [2.24, 2.45) is 35.5 Å². The second kappa shape index (κ2) is 13.4. The average molecular weight is 799 g/mol. The zero-order valence-electron chi connectivity index (χ0n) is 33.9. The zero-order valence-corrected chi connectivity index (χ0v) is 33.9. The molecule has 0 radical (unpaired) electrons. The van der Waals surface area contributed by atoms with Gasteiger partial charge in [0.15, 0.2) is 23.0 Å². The fraction of sp³-hybridized carbons (Fsp3) is 0.750. The summed E-state index contributed by atoms with van der Waals surface area (Å²) in [5.74, 6) is 4.66. The first-order chi connectivity index (χ1) is 28.2. The van der Waals surface area contributed by atoms with Gasteiger partial charge in [-0.15, -0.1) is 0 Å². The Hall–Kier alpha value is -2.60. The third-order valence-corrected chi connectivity index (χ3v) is 17.9. The molecule has 2 heterocycles. The number of benzene rings is 2. The fourth-order valence-electron chi connectivity index (χ4n) is 15.2. The van der Waals surface area contributed by atoms with Crippen molar-refractivity contribution >= 4 is 0 Å². The molecule has 2 spiro atoms. The van der Waals surface area contributed by atoms with Gasteiger partial charge in [0.2, 0.25) is 0 Å². The number of hydrogen-bond acceptors (Lipinski definition) is 10. The smallest absolute Gasteiger partial charge is 0.165 e. The first-order valence-electron chi connectivity index (χ1n) is 23.1. The van der Waals surface area contributed by atoms with E-state index in [0.29, 0.717) is 75.8 Å². The number of hydrogen-bond donors (Lipinski definition) is 4. The van der Waals surface area contributed by atoms with E-state index in [-0.39, 0.29) is 47.8 Å². The van der Waals surface area contributed by atoms with Crippen molar-refractivity contribution in [2.45, 2.75) is 149 Å². The molecule has 6 saturated carbocycles. The largest absolute Gasteiger partial charge is 0.504 e. The Labute approximate surface area is 341 Å². The van der Waals surface area contributed by atoms with Crippen molar-refractivity contribution in [1.82, 2.24) is 0 Å². The highest BCUT2D eigenvalue weighted by atomic mass is 16.6. The van der Waals surface area contributed by atoms with E-state index < -0.39 is 22.0 Å². The first kappa shape index (κ1) is 37.2. The molecule has 4 bridgehead atoms. The Morgan fingerprint density at radius 1 is 0.534 bits per heavy atom. The lowest BCUT2D eigenvalue weighted by molar-refractivity contribution is -0.218. The van der Waals surface area contributed by atoms with Crippen LogP contribution >= 0.6 is 0 Å². The molecule has 0 amide bonds. The summed E-state index contributed by atoms with van der Waals surface area (Å²) in [6.07, 6.45) is 15.3. The number of aromatic hydroxyl groups is 2. The van der Waals surface area contributed by atoms with Crippen LogP contribution in [0.5, 0.6) is 23.0 Å². The topological polar surface area (TPSA) is 136 Å². The number of aliphatic hydroxyl groups is 2. The summed E-state index contributed by atoms with van der Waals surface area (Å²) < 4.78 is 38.3. The van der Waals surface area contributed by atoms with Gasteiger partial charge in [-0.1, -0.05) is 37.8 Å². The van der Waals surface area contributed by atoms with Gasteiger partial charge < -0.3 is 48.8 Å². The van der Waals surface area contributed by atoms with Crippen LogP contribution in [0.25, 0.3) is 0 Å². The van der Waals surface area contributed by atoms with Gasteiger partial charge in [0, 0.05) is 11.1 Å². The van der Waals surface area contributed by atoms with Crippen LogP contribution in [0, 0.1) is 35.5 Å². The number of phenolic OH excluding ortho intramolecular Hbond substituents is 2. The van der Waals surface area contributed by atoms with Crippen molar-refractivity contribution in [1.29, 1.82) is 0 Å². The SMILES string of the molecule is Oc1ccc2c3c1O[C@H]1[C@@H](OCCOCCOCCO[C@H]4CC[C@@]5(O)[C@H]6Cc7ccc(O)c8c7[C@@]5(CCC6CC5CC5)[C@H]4O8)CC[C@@]4(O)[C@@H](C2)C(CC2CC2)CC[C@]314. The van der Waals surface area contributed by atoms with Gasteiger partial charge in [0.25, 0.3) is 0 Å². The van der Waals surface area contributed by atoms with E-state index in [9.17, 15) is 20.4 Å². The highest BCUT2D eigenvalue weighted by Gasteiger charge is 2.75. The third kappa shape index (κ3) is 5.17. The summed E-state index contributed by atoms with van der Waals surface area (Å²) in [7, 11) is 0. The number of ether oxygens (including phenoxy) is 6. The van der Waals surface area contributed by atoms with Crippen LogP contribution in [0.3, 0.4) is 0 Å². The maximum atomic E-state index is 12.7. The van der Waals surface area contributed by atoms with E-state index in [4.69, 9.17) is 28.4 Å². The molecule has 0 saturated heterocycles. The van der Waals surface area contributed by atoms with E-state index in [1.54, 1.807) is 12.1 Å². The Morgan fingerprint density at radius 3 is 1.40 bits per heavy atom. The molecule has 0 aromatic heterocycles. The second-order valence-corrected chi connectivity index (χ2v) is 20.5. The van der Waals surface area contributed by atoms with E-state index in [1.165, 1.54) is 49.7 Å². The van der Waals surface area contributed by atoms with Crippen LogP contribution in [-0.4, -0.2) is 95.7 Å². The van der Waals surface area contributed by atoms with Crippen molar-refractivity contribution in [3.05, 3.63) is 46.5 Å². The van der Waals surface area contributed by atoms with Crippen molar-refractivity contribution in [2.75, 3.05) is 39.6 Å². The lowest BCUT2D eigenvalue weighted by Crippen LogP contribution is -2.72. The van der Waals surface area contributed by atoms with E-state index in [2.05, 4.69) is 12.1 Å². The number of rotatable bonds is 15. The quantitative estimate of drug-likeness (QED) is 0.150. The zero-order chi connectivity index (χ0) is 39.0. The summed E-state index contributed by atoms with van der Waals surface area (Å²) in [5, 5.41) is 47.3. The summed E-state index contributed by atoms with van der Waals surface area (Å²) in [6, 6.07) is 7.70. The lowest BCUT2D eigenvalue weighted by Gasteiger charge is -2.63. The van der Waals surface area contributed by atoms with Gasteiger partial charge in [-0.25, -0.2) is 0 Å². The minimum Gasteiger partial charge on any atom is -0.504 e. The molecule has 314 valence electrons. The summed E-state index contributed by atoms with van der Waals surface area (Å²) >= 11 is 0. The minimum absolute atomic E-state index is 0.168. The molecule has 10 aliphatic rings. The molecule has 10 nitrogen and oxygen atoms in total.